The molecule has 1 fully saturated rings. The van der Waals surface area contributed by atoms with Crippen LogP contribution in [0.1, 0.15) is 43.4 Å². The molecule has 110 valence electrons. The molecule has 0 saturated carbocycles. The van der Waals surface area contributed by atoms with E-state index in [1.165, 1.54) is 55.7 Å². The molecule has 20 heavy (non-hydrogen) atoms. The highest BCUT2D eigenvalue weighted by atomic mass is 15.2. The molecular weight excluding hydrogens is 248 g/mol. The molecule has 1 aromatic heterocycles. The molecule has 0 radical (unpaired) electrons. The first-order valence-electron chi connectivity index (χ1n) is 8.09. The second-order valence-corrected chi connectivity index (χ2v) is 6.28. The lowest BCUT2D eigenvalue weighted by molar-refractivity contribution is 0.380. The summed E-state index contributed by atoms with van der Waals surface area (Å²) in [6.07, 6.45) is 10.6. The molecular formula is C16H26N4. The maximum absolute atomic E-state index is 4.59. The fourth-order valence-corrected chi connectivity index (χ4v) is 3.56. The van der Waals surface area contributed by atoms with Crippen LogP contribution in [-0.4, -0.2) is 36.6 Å². The second kappa shape index (κ2) is 6.53. The first kappa shape index (κ1) is 13.8. The van der Waals surface area contributed by atoms with Crippen LogP contribution in [0.3, 0.4) is 0 Å². The van der Waals surface area contributed by atoms with Crippen LogP contribution >= 0.6 is 0 Å². The van der Waals surface area contributed by atoms with E-state index in [4.69, 9.17) is 0 Å². The van der Waals surface area contributed by atoms with Crippen LogP contribution in [-0.2, 0) is 12.8 Å². The first-order chi connectivity index (χ1) is 9.84. The smallest absolute Gasteiger partial charge is 0.135 e. The Kier molecular flexibility index (Phi) is 4.51. The molecule has 0 bridgehead atoms. The number of rotatable bonds is 3. The van der Waals surface area contributed by atoms with Crippen molar-refractivity contribution in [3.63, 3.8) is 0 Å². The van der Waals surface area contributed by atoms with Gasteiger partial charge in [-0.15, -0.1) is 0 Å². The molecule has 1 N–H and O–H groups in total. The number of hydrogen-bond donors (Lipinski definition) is 1. The number of aryl methyl sites for hydroxylation is 1. The molecule has 1 aliphatic carbocycles. The fraction of sp³-hybridized carbons (Fsp3) is 0.750. The summed E-state index contributed by atoms with van der Waals surface area (Å²) >= 11 is 0. The summed E-state index contributed by atoms with van der Waals surface area (Å²) in [4.78, 5) is 11.5. The van der Waals surface area contributed by atoms with Crippen LogP contribution < -0.4 is 10.2 Å². The Bertz CT molecular complexity index is 440. The van der Waals surface area contributed by atoms with E-state index in [0.717, 1.165) is 31.8 Å². The molecule has 4 heteroatoms. The third kappa shape index (κ3) is 3.11. The molecule has 3 rings (SSSR count). The predicted molar refractivity (Wildman–Crippen MR) is 82.2 cm³/mol. The van der Waals surface area contributed by atoms with Crippen molar-refractivity contribution in [3.8, 4) is 0 Å². The Labute approximate surface area is 122 Å². The van der Waals surface area contributed by atoms with E-state index in [0.29, 0.717) is 0 Å². The molecule has 1 unspecified atom stereocenters. The van der Waals surface area contributed by atoms with Gasteiger partial charge < -0.3 is 10.2 Å². The average Bonchev–Trinajstić information content (AvgIpc) is 2.73. The Morgan fingerprint density at radius 1 is 1.20 bits per heavy atom. The number of nitrogens with zero attached hydrogens (tertiary/aromatic N) is 3. The van der Waals surface area contributed by atoms with E-state index >= 15 is 0 Å². The normalized spacial score (nSPS) is 22.9. The molecule has 4 nitrogen and oxygen atoms in total. The van der Waals surface area contributed by atoms with Crippen LogP contribution in [0.15, 0.2) is 6.33 Å². The number of nitrogens with one attached hydrogen (secondary N) is 1. The predicted octanol–water partition coefficient (Wildman–Crippen LogP) is 2.18. The Morgan fingerprint density at radius 3 is 2.95 bits per heavy atom. The summed E-state index contributed by atoms with van der Waals surface area (Å²) in [5.74, 6) is 1.94. The second-order valence-electron chi connectivity index (χ2n) is 6.28. The summed E-state index contributed by atoms with van der Waals surface area (Å²) in [7, 11) is 2.20. The van der Waals surface area contributed by atoms with Gasteiger partial charge in [0.2, 0.25) is 0 Å². The lowest BCUT2D eigenvalue weighted by atomic mass is 9.99. The lowest BCUT2D eigenvalue weighted by Gasteiger charge is -2.29. The monoisotopic (exact) mass is 274 g/mol. The zero-order valence-electron chi connectivity index (χ0n) is 12.6. The minimum absolute atomic E-state index is 0.755. The molecule has 0 amide bonds. The largest absolute Gasteiger partial charge is 0.359 e. The van der Waals surface area contributed by atoms with Gasteiger partial charge in [0.05, 0.1) is 0 Å². The summed E-state index contributed by atoms with van der Waals surface area (Å²) in [5, 5.41) is 3.50. The van der Waals surface area contributed by atoms with Gasteiger partial charge in [-0.1, -0.05) is 6.42 Å². The zero-order chi connectivity index (χ0) is 13.8. The Morgan fingerprint density at radius 2 is 2.10 bits per heavy atom. The van der Waals surface area contributed by atoms with E-state index in [2.05, 4.69) is 27.2 Å². The van der Waals surface area contributed by atoms with E-state index in [1.54, 1.807) is 6.33 Å². The minimum Gasteiger partial charge on any atom is -0.359 e. The molecule has 0 spiro atoms. The first-order valence-corrected chi connectivity index (χ1v) is 8.09. The summed E-state index contributed by atoms with van der Waals surface area (Å²) in [6.45, 7) is 3.44. The third-order valence-corrected chi connectivity index (χ3v) is 4.64. The molecule has 1 atom stereocenters. The fourth-order valence-electron chi connectivity index (χ4n) is 3.56. The number of piperidine rings is 1. The van der Waals surface area contributed by atoms with Crippen LogP contribution in [0, 0.1) is 5.92 Å². The van der Waals surface area contributed by atoms with E-state index in [9.17, 15) is 0 Å². The van der Waals surface area contributed by atoms with Crippen molar-refractivity contribution in [2.24, 2.45) is 5.92 Å². The van der Waals surface area contributed by atoms with Crippen molar-refractivity contribution in [2.45, 2.75) is 44.9 Å². The number of hydrogen-bond acceptors (Lipinski definition) is 4. The van der Waals surface area contributed by atoms with Crippen molar-refractivity contribution in [1.29, 1.82) is 0 Å². The highest BCUT2D eigenvalue weighted by molar-refractivity contribution is 5.48. The maximum Gasteiger partial charge on any atom is 0.135 e. The topological polar surface area (TPSA) is 41.0 Å². The van der Waals surface area contributed by atoms with Gasteiger partial charge in [0.1, 0.15) is 12.1 Å². The van der Waals surface area contributed by atoms with Gasteiger partial charge >= 0.3 is 0 Å². The highest BCUT2D eigenvalue weighted by Crippen LogP contribution is 2.26. The van der Waals surface area contributed by atoms with Crippen molar-refractivity contribution in [2.75, 3.05) is 31.6 Å². The van der Waals surface area contributed by atoms with Gasteiger partial charge in [0.25, 0.3) is 0 Å². The Balaban J connectivity index is 1.75. The van der Waals surface area contributed by atoms with E-state index < -0.39 is 0 Å². The maximum atomic E-state index is 4.59. The van der Waals surface area contributed by atoms with Gasteiger partial charge in [0, 0.05) is 24.8 Å². The number of aromatic nitrogens is 2. The molecule has 1 aromatic rings. The van der Waals surface area contributed by atoms with Crippen LogP contribution in [0.4, 0.5) is 5.82 Å². The lowest BCUT2D eigenvalue weighted by Crippen LogP contribution is -2.37. The molecule has 1 saturated heterocycles. The number of anilines is 1. The van der Waals surface area contributed by atoms with Gasteiger partial charge in [-0.25, -0.2) is 9.97 Å². The van der Waals surface area contributed by atoms with Crippen molar-refractivity contribution in [3.05, 3.63) is 17.6 Å². The Hall–Kier alpha value is -1.16. The molecule has 2 aliphatic rings. The van der Waals surface area contributed by atoms with E-state index in [-0.39, 0.29) is 0 Å². The van der Waals surface area contributed by atoms with Crippen molar-refractivity contribution >= 4 is 5.82 Å². The average molecular weight is 274 g/mol. The van der Waals surface area contributed by atoms with Gasteiger partial charge in [-0.05, 0) is 57.5 Å². The minimum atomic E-state index is 0.755. The highest BCUT2D eigenvalue weighted by Gasteiger charge is 2.20. The molecule has 2 heterocycles. The summed E-state index contributed by atoms with van der Waals surface area (Å²) in [6, 6.07) is 0. The summed E-state index contributed by atoms with van der Waals surface area (Å²) < 4.78 is 0. The quantitative estimate of drug-likeness (QED) is 0.858. The van der Waals surface area contributed by atoms with Crippen LogP contribution in [0.2, 0.25) is 0 Å². The SMILES string of the molecule is CN(CC1CCCNC1)c1ncnc2c1CCCCC2. The molecule has 0 aromatic carbocycles. The van der Waals surface area contributed by atoms with Crippen molar-refractivity contribution in [1.82, 2.24) is 15.3 Å². The van der Waals surface area contributed by atoms with Crippen molar-refractivity contribution < 1.29 is 0 Å². The van der Waals surface area contributed by atoms with E-state index in [1.807, 2.05) is 0 Å². The molecule has 1 aliphatic heterocycles. The third-order valence-electron chi connectivity index (χ3n) is 4.64. The summed E-state index contributed by atoms with van der Waals surface area (Å²) in [5.41, 5.74) is 2.71. The van der Waals surface area contributed by atoms with Gasteiger partial charge in [-0.2, -0.15) is 0 Å². The van der Waals surface area contributed by atoms with Gasteiger partial charge in [0.15, 0.2) is 0 Å². The number of fused-ring (bicyclic) bond motifs is 1. The van der Waals surface area contributed by atoms with Crippen LogP contribution in [0.5, 0.6) is 0 Å². The standard InChI is InChI=1S/C16H26N4/c1-20(11-13-6-5-9-17-10-13)16-14-7-3-2-4-8-15(14)18-12-19-16/h12-13,17H,2-11H2,1H3. The van der Waals surface area contributed by atoms with Crippen LogP contribution in [0.25, 0.3) is 0 Å². The zero-order valence-corrected chi connectivity index (χ0v) is 12.6. The van der Waals surface area contributed by atoms with Gasteiger partial charge in [-0.3, -0.25) is 0 Å².